The van der Waals surface area contributed by atoms with Gasteiger partial charge < -0.3 is 24.4 Å². The van der Waals surface area contributed by atoms with E-state index in [1.54, 1.807) is 0 Å². The average Bonchev–Trinajstić information content (AvgIpc) is 3.26. The first-order valence-electron chi connectivity index (χ1n) is 15.8. The lowest BCUT2D eigenvalue weighted by Crippen LogP contribution is -2.53. The lowest BCUT2D eigenvalue weighted by atomic mass is 9.44. The van der Waals surface area contributed by atoms with Gasteiger partial charge in [-0.2, -0.15) is 0 Å². The lowest BCUT2D eigenvalue weighted by Gasteiger charge is -2.61. The van der Waals surface area contributed by atoms with Gasteiger partial charge in [-0.25, -0.2) is 0 Å². The molecule has 4 rings (SSSR count). The van der Waals surface area contributed by atoms with E-state index in [1.807, 2.05) is 0 Å². The zero-order valence-corrected chi connectivity index (χ0v) is 26.0. The molecule has 9 atom stereocenters. The van der Waals surface area contributed by atoms with E-state index in [1.165, 1.54) is 64.2 Å². The third-order valence-corrected chi connectivity index (χ3v) is 13.0. The van der Waals surface area contributed by atoms with Crippen molar-refractivity contribution in [2.24, 2.45) is 52.3 Å². The van der Waals surface area contributed by atoms with Gasteiger partial charge in [0.25, 0.3) is 0 Å². The van der Waals surface area contributed by atoms with Gasteiger partial charge in [-0.05, 0) is 111 Å². The van der Waals surface area contributed by atoms with Crippen LogP contribution >= 0.6 is 7.60 Å². The first kappa shape index (κ1) is 32.5. The van der Waals surface area contributed by atoms with Crippen molar-refractivity contribution in [1.29, 1.82) is 0 Å². The second-order valence-corrected chi connectivity index (χ2v) is 15.9. The summed E-state index contributed by atoms with van der Waals surface area (Å²) < 4.78 is 21.1. The van der Waals surface area contributed by atoms with Crippen LogP contribution in [0.5, 0.6) is 0 Å². The summed E-state index contributed by atoms with van der Waals surface area (Å²) in [5, 5.41) is 9.10. The van der Waals surface area contributed by atoms with Crippen LogP contribution in [0.25, 0.3) is 0 Å². The van der Waals surface area contributed by atoms with Crippen LogP contribution in [0.4, 0.5) is 0 Å². The van der Waals surface area contributed by atoms with Crippen molar-refractivity contribution in [1.82, 2.24) is 0 Å². The number of hydrogen-bond donors (Lipinski definition) is 3. The Bertz CT molecular complexity index is 1010. The second kappa shape index (κ2) is 13.1. The maximum Gasteiger partial charge on any atom is 0.326 e. The van der Waals surface area contributed by atoms with Crippen LogP contribution in [-0.2, 0) is 28.4 Å². The third-order valence-electron chi connectivity index (χ3n) is 12.1. The Morgan fingerprint density at radius 3 is 2.17 bits per heavy atom. The summed E-state index contributed by atoms with van der Waals surface area (Å²) in [6, 6.07) is 0. The molecule has 41 heavy (non-hydrogen) atoms. The fourth-order valence-electron chi connectivity index (χ4n) is 9.99. The number of ether oxygens (including phenoxy) is 2. The molecule has 0 aromatic carbocycles. The highest BCUT2D eigenvalue weighted by Gasteiger charge is 2.60. The molecule has 0 amide bonds. The van der Waals surface area contributed by atoms with Gasteiger partial charge in [-0.1, -0.05) is 33.6 Å². The number of aliphatic carboxylic acids is 1. The molecule has 0 bridgehead atoms. The average molecular weight is 599 g/mol. The molecule has 0 radical (unpaired) electrons. The van der Waals surface area contributed by atoms with E-state index in [-0.39, 0.29) is 19.3 Å². The molecule has 0 heterocycles. The smallest absolute Gasteiger partial charge is 0.326 e. The van der Waals surface area contributed by atoms with Crippen molar-refractivity contribution >= 4 is 25.5 Å². The van der Waals surface area contributed by atoms with Crippen molar-refractivity contribution in [3.8, 4) is 0 Å². The first-order valence-corrected chi connectivity index (χ1v) is 17.6. The van der Waals surface area contributed by atoms with Gasteiger partial charge in [-0.3, -0.25) is 18.9 Å². The zero-order chi connectivity index (χ0) is 30.0. The first-order chi connectivity index (χ1) is 19.2. The van der Waals surface area contributed by atoms with Gasteiger partial charge in [0.2, 0.25) is 6.79 Å². The molecular formula is C31H51O9P. The molecule has 4 aliphatic carbocycles. The minimum atomic E-state index is -4.52. The highest BCUT2D eigenvalue weighted by atomic mass is 31.2. The van der Waals surface area contributed by atoms with E-state index in [0.29, 0.717) is 22.7 Å². The van der Waals surface area contributed by atoms with Crippen molar-refractivity contribution in [2.45, 2.75) is 111 Å². The Morgan fingerprint density at radius 1 is 0.854 bits per heavy atom. The Labute approximate surface area is 244 Å². The highest BCUT2D eigenvalue weighted by molar-refractivity contribution is 7.51. The van der Waals surface area contributed by atoms with Crippen molar-refractivity contribution in [3.63, 3.8) is 0 Å². The van der Waals surface area contributed by atoms with Crippen LogP contribution in [0.15, 0.2) is 0 Å². The number of carboxylic acid groups (broad SMARTS) is 1. The van der Waals surface area contributed by atoms with Gasteiger partial charge in [-0.15, -0.1) is 0 Å². The molecule has 4 saturated carbocycles. The molecule has 4 aliphatic rings. The van der Waals surface area contributed by atoms with Crippen LogP contribution in [-0.4, -0.2) is 45.8 Å². The van der Waals surface area contributed by atoms with Crippen molar-refractivity contribution in [3.05, 3.63) is 0 Å². The number of rotatable bonds is 12. The van der Waals surface area contributed by atoms with E-state index in [9.17, 15) is 18.9 Å². The van der Waals surface area contributed by atoms with Gasteiger partial charge in [0, 0.05) is 12.8 Å². The maximum atomic E-state index is 12.4. The minimum Gasteiger partial charge on any atom is -0.481 e. The lowest BCUT2D eigenvalue weighted by molar-refractivity contribution is -0.167. The predicted molar refractivity (Wildman–Crippen MR) is 153 cm³/mol. The van der Waals surface area contributed by atoms with Gasteiger partial charge in [0.05, 0.1) is 12.1 Å². The third kappa shape index (κ3) is 7.38. The monoisotopic (exact) mass is 598 g/mol. The predicted octanol–water partition coefficient (Wildman–Crippen LogP) is 6.15. The van der Waals surface area contributed by atoms with E-state index in [4.69, 9.17) is 24.4 Å². The molecule has 234 valence electrons. The molecule has 0 aromatic rings. The molecule has 9 nitrogen and oxygen atoms in total. The molecule has 0 spiro atoms. The fraction of sp³-hybridized carbons (Fsp3) is 0.903. The van der Waals surface area contributed by atoms with Crippen LogP contribution in [0.1, 0.15) is 111 Å². The Balaban J connectivity index is 1.19. The number of carboxylic acids is 1. The maximum absolute atomic E-state index is 12.4. The molecule has 7 unspecified atom stereocenters. The summed E-state index contributed by atoms with van der Waals surface area (Å²) >= 11 is 0. The van der Waals surface area contributed by atoms with Crippen LogP contribution in [0.2, 0.25) is 0 Å². The molecule has 0 saturated heterocycles. The highest BCUT2D eigenvalue weighted by Crippen LogP contribution is 2.68. The summed E-state index contributed by atoms with van der Waals surface area (Å²) in [5.74, 6) is 0.515. The topological polar surface area (TPSA) is 147 Å². The Hall–Kier alpha value is -1.44. The molecule has 0 aliphatic heterocycles. The number of hydrogen-bond acceptors (Lipinski definition) is 6. The standard InChI is InChI=1S/C31H51O9P/c1-20(7-13-27(32)39-19-40-28(33)14-8-21(29(34)35)18-41(36,37)38)24-11-12-25-23-10-9-22-6-4-5-16-30(22,2)26(23)15-17-31(24,25)3/h20-26H,4-19H2,1-3H3,(H,34,35)(H2,36,37,38)/t20-,21-,22?,23?,24?,25?,26?,30?,31?/m1/s1. The SMILES string of the molecule is C[C@H](CCC(=O)OCOC(=O)CC[C@H](CP(=O)(O)O)C(=O)O)C1CCC2C3CCC4CCCCC4(C)C3CCC21C. The number of carbonyl (C=O) groups is 3. The number of carbonyl (C=O) groups excluding carboxylic acids is 2. The van der Waals surface area contributed by atoms with Crippen molar-refractivity contribution in [2.75, 3.05) is 13.0 Å². The van der Waals surface area contributed by atoms with E-state index in [0.717, 1.165) is 30.1 Å². The van der Waals surface area contributed by atoms with Crippen LogP contribution in [0, 0.1) is 52.3 Å². The van der Waals surface area contributed by atoms with Gasteiger partial charge in [0.1, 0.15) is 0 Å². The minimum absolute atomic E-state index is 0.255. The molecule has 0 aromatic heterocycles. The Morgan fingerprint density at radius 2 is 1.51 bits per heavy atom. The van der Waals surface area contributed by atoms with Gasteiger partial charge in [0.15, 0.2) is 0 Å². The normalized spacial score (nSPS) is 36.3. The zero-order valence-electron chi connectivity index (χ0n) is 25.1. The quantitative estimate of drug-likeness (QED) is 0.137. The summed E-state index contributed by atoms with van der Waals surface area (Å²) in [7, 11) is -4.52. The molecule has 10 heteroatoms. The molecule has 3 N–H and O–H groups in total. The summed E-state index contributed by atoms with van der Waals surface area (Å²) in [6.07, 6.45) is 13.2. The molecule has 4 fully saturated rings. The second-order valence-electron chi connectivity index (χ2n) is 14.2. The van der Waals surface area contributed by atoms with Crippen LogP contribution in [0.3, 0.4) is 0 Å². The van der Waals surface area contributed by atoms with Crippen LogP contribution < -0.4 is 0 Å². The Kier molecular flexibility index (Phi) is 10.3. The van der Waals surface area contributed by atoms with E-state index < -0.39 is 44.4 Å². The van der Waals surface area contributed by atoms with E-state index in [2.05, 4.69) is 20.8 Å². The summed E-state index contributed by atoms with van der Waals surface area (Å²) in [4.78, 5) is 53.5. The van der Waals surface area contributed by atoms with Crippen molar-refractivity contribution < 1.29 is 43.3 Å². The fourth-order valence-corrected chi connectivity index (χ4v) is 10.9. The summed E-state index contributed by atoms with van der Waals surface area (Å²) in [6.45, 7) is 6.87. The van der Waals surface area contributed by atoms with Gasteiger partial charge >= 0.3 is 25.5 Å². The van der Waals surface area contributed by atoms with E-state index >= 15 is 0 Å². The summed E-state index contributed by atoms with van der Waals surface area (Å²) in [5.41, 5.74) is 0.881. The largest absolute Gasteiger partial charge is 0.481 e. The number of esters is 2. The molecular weight excluding hydrogens is 547 g/mol. The number of fused-ring (bicyclic) bond motifs is 5.